The molecule has 2 rings (SSSR count). The van der Waals surface area contributed by atoms with Crippen molar-refractivity contribution in [3.63, 3.8) is 0 Å². The molecular weight excluding hydrogens is 258 g/mol. The molecule has 1 saturated heterocycles. The molecule has 0 aromatic carbocycles. The Bertz CT molecular complexity index is 418. The molecule has 20 heavy (non-hydrogen) atoms. The van der Waals surface area contributed by atoms with Crippen molar-refractivity contribution in [1.82, 2.24) is 20.2 Å². The molecule has 0 spiro atoms. The lowest BCUT2D eigenvalue weighted by Gasteiger charge is -2.35. The fraction of sp³-hybridized carbons (Fsp3) is 0.615. The molecule has 2 amide bonds. The van der Waals surface area contributed by atoms with Crippen LogP contribution >= 0.6 is 0 Å². The average Bonchev–Trinajstić information content (AvgIpc) is 2.43. The molecule has 0 unspecified atom stereocenters. The van der Waals surface area contributed by atoms with Gasteiger partial charge in [0.15, 0.2) is 0 Å². The molecule has 7 heteroatoms. The second-order valence-electron chi connectivity index (χ2n) is 4.89. The minimum Gasteiger partial charge on any atom is -0.372 e. The number of hydrogen-bond donors (Lipinski definition) is 2. The molecule has 7 nitrogen and oxygen atoms in total. The van der Waals surface area contributed by atoms with Crippen LogP contribution in [0.15, 0.2) is 18.5 Å². The zero-order chi connectivity index (χ0) is 14.4. The van der Waals surface area contributed by atoms with Crippen molar-refractivity contribution < 1.29 is 9.53 Å². The first kappa shape index (κ1) is 14.5. The van der Waals surface area contributed by atoms with Gasteiger partial charge in [0.1, 0.15) is 0 Å². The van der Waals surface area contributed by atoms with Gasteiger partial charge in [-0.1, -0.05) is 0 Å². The minimum absolute atomic E-state index is 0.0530. The van der Waals surface area contributed by atoms with Crippen molar-refractivity contribution in [1.29, 1.82) is 0 Å². The molecule has 1 fully saturated rings. The molecule has 2 atom stereocenters. The largest absolute Gasteiger partial charge is 0.372 e. The highest BCUT2D eigenvalue weighted by Crippen LogP contribution is 2.10. The van der Waals surface area contributed by atoms with Gasteiger partial charge in [-0.2, -0.15) is 0 Å². The molecule has 1 aromatic rings. The smallest absolute Gasteiger partial charge is 0.317 e. The molecule has 0 aliphatic carbocycles. The molecule has 0 radical (unpaired) electrons. The van der Waals surface area contributed by atoms with E-state index in [0.29, 0.717) is 32.1 Å². The lowest BCUT2D eigenvalue weighted by atomic mass is 10.2. The Morgan fingerprint density at radius 1 is 1.30 bits per heavy atom. The van der Waals surface area contributed by atoms with Gasteiger partial charge in [-0.25, -0.2) is 14.8 Å². The van der Waals surface area contributed by atoms with Gasteiger partial charge in [0.2, 0.25) is 5.95 Å². The van der Waals surface area contributed by atoms with E-state index in [4.69, 9.17) is 4.74 Å². The topological polar surface area (TPSA) is 79.4 Å². The Labute approximate surface area is 118 Å². The highest BCUT2D eigenvalue weighted by Gasteiger charge is 2.25. The van der Waals surface area contributed by atoms with E-state index in [-0.39, 0.29) is 18.2 Å². The van der Waals surface area contributed by atoms with Crippen molar-refractivity contribution >= 4 is 12.0 Å². The van der Waals surface area contributed by atoms with E-state index < -0.39 is 0 Å². The summed E-state index contributed by atoms with van der Waals surface area (Å²) in [7, 11) is 0. The molecule has 1 aliphatic heterocycles. The molecule has 1 aliphatic rings. The Morgan fingerprint density at radius 3 is 2.60 bits per heavy atom. The van der Waals surface area contributed by atoms with Crippen LogP contribution in [-0.2, 0) is 4.74 Å². The first-order chi connectivity index (χ1) is 9.65. The van der Waals surface area contributed by atoms with E-state index in [0.717, 1.165) is 0 Å². The third kappa shape index (κ3) is 4.34. The Morgan fingerprint density at radius 2 is 1.95 bits per heavy atom. The Hall–Kier alpha value is -1.89. The second kappa shape index (κ2) is 7.04. The maximum absolute atomic E-state index is 12.0. The van der Waals surface area contributed by atoms with Crippen molar-refractivity contribution in [3.05, 3.63) is 18.5 Å². The predicted molar refractivity (Wildman–Crippen MR) is 75.5 cm³/mol. The van der Waals surface area contributed by atoms with E-state index in [2.05, 4.69) is 20.6 Å². The number of anilines is 1. The summed E-state index contributed by atoms with van der Waals surface area (Å²) in [4.78, 5) is 21.9. The van der Waals surface area contributed by atoms with Gasteiger partial charge in [-0.3, -0.25) is 0 Å². The molecular formula is C13H21N5O2. The maximum atomic E-state index is 12.0. The predicted octanol–water partition coefficient (Wildman–Crippen LogP) is 0.707. The number of rotatable bonds is 4. The summed E-state index contributed by atoms with van der Waals surface area (Å²) < 4.78 is 5.60. The minimum atomic E-state index is -0.0530. The number of carbonyl (C=O) groups excluding carboxylic acids is 1. The quantitative estimate of drug-likeness (QED) is 0.793. The monoisotopic (exact) mass is 279 g/mol. The van der Waals surface area contributed by atoms with Crippen LogP contribution in [0, 0.1) is 0 Å². The van der Waals surface area contributed by atoms with Gasteiger partial charge < -0.3 is 20.3 Å². The van der Waals surface area contributed by atoms with Crippen LogP contribution < -0.4 is 10.6 Å². The van der Waals surface area contributed by atoms with Crippen molar-refractivity contribution in [2.45, 2.75) is 26.1 Å². The average molecular weight is 279 g/mol. The standard InChI is InChI=1S/C13H21N5O2/c1-10-8-18(9-11(2)20-10)13(19)17-7-6-16-12-14-4-3-5-15-12/h3-5,10-11H,6-9H2,1-2H3,(H,17,19)(H,14,15,16)/t10-,11+. The molecule has 0 saturated carbocycles. The van der Waals surface area contributed by atoms with Gasteiger partial charge in [-0.05, 0) is 19.9 Å². The van der Waals surface area contributed by atoms with E-state index in [9.17, 15) is 4.79 Å². The summed E-state index contributed by atoms with van der Waals surface area (Å²) in [5.41, 5.74) is 0. The van der Waals surface area contributed by atoms with Gasteiger partial charge >= 0.3 is 6.03 Å². The fourth-order valence-electron chi connectivity index (χ4n) is 2.19. The number of aromatic nitrogens is 2. The summed E-state index contributed by atoms with van der Waals surface area (Å²) in [6, 6.07) is 1.70. The zero-order valence-corrected chi connectivity index (χ0v) is 11.9. The van der Waals surface area contributed by atoms with Crippen LogP contribution in [0.25, 0.3) is 0 Å². The van der Waals surface area contributed by atoms with Crippen LogP contribution in [0.4, 0.5) is 10.7 Å². The summed E-state index contributed by atoms with van der Waals surface area (Å²) in [6.45, 7) is 6.33. The van der Waals surface area contributed by atoms with Crippen LogP contribution in [-0.4, -0.2) is 59.3 Å². The van der Waals surface area contributed by atoms with E-state index in [1.54, 1.807) is 23.4 Å². The normalized spacial score (nSPS) is 22.4. The Balaban J connectivity index is 1.67. The zero-order valence-electron chi connectivity index (χ0n) is 11.9. The number of hydrogen-bond acceptors (Lipinski definition) is 5. The number of carbonyl (C=O) groups is 1. The third-order valence-corrected chi connectivity index (χ3v) is 2.96. The highest BCUT2D eigenvalue weighted by atomic mass is 16.5. The van der Waals surface area contributed by atoms with E-state index in [1.807, 2.05) is 13.8 Å². The van der Waals surface area contributed by atoms with Gasteiger partial charge in [0.25, 0.3) is 0 Å². The van der Waals surface area contributed by atoms with Crippen molar-refractivity contribution in [2.24, 2.45) is 0 Å². The van der Waals surface area contributed by atoms with E-state index >= 15 is 0 Å². The van der Waals surface area contributed by atoms with Crippen molar-refractivity contribution in [2.75, 3.05) is 31.5 Å². The van der Waals surface area contributed by atoms with Gasteiger partial charge in [0.05, 0.1) is 12.2 Å². The maximum Gasteiger partial charge on any atom is 0.317 e. The van der Waals surface area contributed by atoms with Crippen LogP contribution in [0.2, 0.25) is 0 Å². The lowest BCUT2D eigenvalue weighted by Crippen LogP contribution is -2.52. The summed E-state index contributed by atoms with van der Waals surface area (Å²) in [5, 5.41) is 5.92. The fourth-order valence-corrected chi connectivity index (χ4v) is 2.19. The SMILES string of the molecule is C[C@@H]1CN(C(=O)NCCNc2ncccn2)C[C@H](C)O1. The summed E-state index contributed by atoms with van der Waals surface area (Å²) in [5.74, 6) is 0.565. The lowest BCUT2D eigenvalue weighted by molar-refractivity contribution is -0.0544. The number of nitrogens with one attached hydrogen (secondary N) is 2. The van der Waals surface area contributed by atoms with E-state index in [1.165, 1.54) is 0 Å². The highest BCUT2D eigenvalue weighted by molar-refractivity contribution is 5.74. The second-order valence-corrected chi connectivity index (χ2v) is 4.89. The van der Waals surface area contributed by atoms with Crippen LogP contribution in [0.5, 0.6) is 0 Å². The van der Waals surface area contributed by atoms with Gasteiger partial charge in [0, 0.05) is 38.6 Å². The molecule has 0 bridgehead atoms. The van der Waals surface area contributed by atoms with Crippen molar-refractivity contribution in [3.8, 4) is 0 Å². The third-order valence-electron chi connectivity index (χ3n) is 2.96. The molecule has 2 heterocycles. The first-order valence-corrected chi connectivity index (χ1v) is 6.84. The van der Waals surface area contributed by atoms with Crippen LogP contribution in [0.3, 0.4) is 0 Å². The number of nitrogens with zero attached hydrogens (tertiary/aromatic N) is 3. The molecule has 1 aromatic heterocycles. The number of urea groups is 1. The van der Waals surface area contributed by atoms with Gasteiger partial charge in [-0.15, -0.1) is 0 Å². The number of ether oxygens (including phenoxy) is 1. The van der Waals surface area contributed by atoms with Crippen LogP contribution in [0.1, 0.15) is 13.8 Å². The number of morpholine rings is 1. The summed E-state index contributed by atoms with van der Waals surface area (Å²) >= 11 is 0. The molecule has 2 N–H and O–H groups in total. The Kier molecular flexibility index (Phi) is 5.11. The molecule has 110 valence electrons. The summed E-state index contributed by atoms with van der Waals surface area (Å²) in [6.07, 6.45) is 3.51. The first-order valence-electron chi connectivity index (χ1n) is 6.84. The number of amides is 2.